The van der Waals surface area contributed by atoms with E-state index >= 15 is 0 Å². The second-order valence-electron chi connectivity index (χ2n) is 4.20. The first kappa shape index (κ1) is 13.7. The number of nitrogens with one attached hydrogen (secondary N) is 1. The molecule has 4 nitrogen and oxygen atoms in total. The van der Waals surface area contributed by atoms with Crippen LogP contribution in [0, 0.1) is 10.6 Å². The summed E-state index contributed by atoms with van der Waals surface area (Å²) in [6.45, 7) is 5.65. The van der Waals surface area contributed by atoms with Gasteiger partial charge in [-0.2, -0.15) is 0 Å². The van der Waals surface area contributed by atoms with Gasteiger partial charge in [-0.25, -0.2) is 9.49 Å². The molecule has 0 fully saturated rings. The number of nitrogens with zero attached hydrogens (tertiary/aromatic N) is 3. The Morgan fingerprint density at radius 1 is 1.32 bits per heavy atom. The van der Waals surface area contributed by atoms with Crippen LogP contribution in [0.25, 0.3) is 0 Å². The SMILES string of the molecule is CCCn1c(N(CC)c2ccc(F)cc2)n[nH]c1=S. The predicted molar refractivity (Wildman–Crippen MR) is 76.8 cm³/mol. The van der Waals surface area contributed by atoms with Gasteiger partial charge in [0.25, 0.3) is 0 Å². The monoisotopic (exact) mass is 280 g/mol. The van der Waals surface area contributed by atoms with Crippen molar-refractivity contribution in [1.29, 1.82) is 0 Å². The molecule has 0 unspecified atom stereocenters. The van der Waals surface area contributed by atoms with Gasteiger partial charge in [-0.3, -0.25) is 4.57 Å². The lowest BCUT2D eigenvalue weighted by Gasteiger charge is -2.22. The van der Waals surface area contributed by atoms with Crippen molar-refractivity contribution in [1.82, 2.24) is 14.8 Å². The Morgan fingerprint density at radius 2 is 2.00 bits per heavy atom. The fourth-order valence-electron chi connectivity index (χ4n) is 2.00. The van der Waals surface area contributed by atoms with Gasteiger partial charge < -0.3 is 4.90 Å². The standard InChI is InChI=1S/C13H17FN4S/c1-3-9-18-12(15-16-13(18)19)17(4-2)11-7-5-10(14)6-8-11/h5-8H,3-4,9H2,1-2H3,(H,16,19). The molecular weight excluding hydrogens is 263 g/mol. The van der Waals surface area contributed by atoms with E-state index in [0.29, 0.717) is 4.77 Å². The summed E-state index contributed by atoms with van der Waals surface area (Å²) >= 11 is 5.23. The maximum atomic E-state index is 13.0. The average Bonchev–Trinajstić information content (AvgIpc) is 2.76. The first-order valence-corrected chi connectivity index (χ1v) is 6.76. The number of halogens is 1. The van der Waals surface area contributed by atoms with Crippen LogP contribution in [-0.4, -0.2) is 21.3 Å². The summed E-state index contributed by atoms with van der Waals surface area (Å²) in [5.74, 6) is 0.521. The average molecular weight is 280 g/mol. The van der Waals surface area contributed by atoms with Crippen molar-refractivity contribution in [2.45, 2.75) is 26.8 Å². The molecule has 2 rings (SSSR count). The largest absolute Gasteiger partial charge is 0.311 e. The smallest absolute Gasteiger partial charge is 0.230 e. The van der Waals surface area contributed by atoms with Gasteiger partial charge in [-0.1, -0.05) is 6.92 Å². The van der Waals surface area contributed by atoms with Crippen LogP contribution >= 0.6 is 12.2 Å². The number of rotatable bonds is 5. The third kappa shape index (κ3) is 2.84. The number of hydrogen-bond donors (Lipinski definition) is 1. The molecule has 0 bridgehead atoms. The highest BCUT2D eigenvalue weighted by Crippen LogP contribution is 2.23. The van der Waals surface area contributed by atoms with Crippen LogP contribution in [0.5, 0.6) is 0 Å². The van der Waals surface area contributed by atoms with Crippen molar-refractivity contribution in [2.75, 3.05) is 11.4 Å². The normalized spacial score (nSPS) is 10.7. The minimum atomic E-state index is -0.243. The summed E-state index contributed by atoms with van der Waals surface area (Å²) in [7, 11) is 0. The van der Waals surface area contributed by atoms with E-state index in [0.717, 1.165) is 31.1 Å². The molecule has 6 heteroatoms. The van der Waals surface area contributed by atoms with E-state index in [1.165, 1.54) is 12.1 Å². The molecule has 1 heterocycles. The zero-order valence-corrected chi connectivity index (χ0v) is 11.9. The molecule has 2 aromatic rings. The van der Waals surface area contributed by atoms with Gasteiger partial charge in [-0.15, -0.1) is 5.10 Å². The Balaban J connectivity index is 2.42. The highest BCUT2D eigenvalue weighted by Gasteiger charge is 2.14. The van der Waals surface area contributed by atoms with Gasteiger partial charge in [0.05, 0.1) is 0 Å². The highest BCUT2D eigenvalue weighted by atomic mass is 32.1. The first-order valence-electron chi connectivity index (χ1n) is 6.35. The highest BCUT2D eigenvalue weighted by molar-refractivity contribution is 7.71. The van der Waals surface area contributed by atoms with Crippen LogP contribution in [0.3, 0.4) is 0 Å². The molecule has 0 radical (unpaired) electrons. The number of hydrogen-bond acceptors (Lipinski definition) is 3. The molecule has 0 saturated carbocycles. The molecule has 1 aromatic heterocycles. The van der Waals surface area contributed by atoms with Crippen LogP contribution in [-0.2, 0) is 6.54 Å². The van der Waals surface area contributed by atoms with E-state index < -0.39 is 0 Å². The van der Waals surface area contributed by atoms with Crippen molar-refractivity contribution in [3.05, 3.63) is 34.9 Å². The van der Waals surface area contributed by atoms with Gasteiger partial charge in [-0.05, 0) is 49.8 Å². The predicted octanol–water partition coefficient (Wildman–Crippen LogP) is 3.65. The van der Waals surface area contributed by atoms with Gasteiger partial charge in [0.15, 0.2) is 4.77 Å². The topological polar surface area (TPSA) is 36.9 Å². The van der Waals surface area contributed by atoms with Crippen LogP contribution in [0.4, 0.5) is 16.0 Å². The molecule has 0 aliphatic rings. The zero-order chi connectivity index (χ0) is 13.8. The number of anilines is 2. The van der Waals surface area contributed by atoms with E-state index in [2.05, 4.69) is 17.1 Å². The van der Waals surface area contributed by atoms with E-state index in [4.69, 9.17) is 12.2 Å². The fraction of sp³-hybridized carbons (Fsp3) is 0.385. The Hall–Kier alpha value is -1.69. The first-order chi connectivity index (χ1) is 9.17. The second-order valence-corrected chi connectivity index (χ2v) is 4.59. The number of aromatic amines is 1. The van der Waals surface area contributed by atoms with Crippen molar-refractivity contribution in [3.8, 4) is 0 Å². The van der Waals surface area contributed by atoms with Gasteiger partial charge in [0, 0.05) is 18.8 Å². The van der Waals surface area contributed by atoms with Crippen LogP contribution in [0.2, 0.25) is 0 Å². The molecule has 1 N–H and O–H groups in total. The molecule has 0 aliphatic carbocycles. The lowest BCUT2D eigenvalue weighted by atomic mass is 10.3. The molecular formula is C13H17FN4S. The summed E-state index contributed by atoms with van der Waals surface area (Å²) in [4.78, 5) is 2.00. The zero-order valence-electron chi connectivity index (χ0n) is 11.1. The molecule has 1 aromatic carbocycles. The third-order valence-corrected chi connectivity index (χ3v) is 3.19. The second kappa shape index (κ2) is 5.97. The Morgan fingerprint density at radius 3 is 2.58 bits per heavy atom. The van der Waals surface area contributed by atoms with Gasteiger partial charge in [0.2, 0.25) is 5.95 Å². The molecule has 102 valence electrons. The summed E-state index contributed by atoms with van der Waals surface area (Å²) < 4.78 is 15.6. The van der Waals surface area contributed by atoms with Crippen molar-refractivity contribution in [3.63, 3.8) is 0 Å². The fourth-order valence-corrected chi connectivity index (χ4v) is 2.22. The molecule has 0 aliphatic heterocycles. The van der Waals surface area contributed by atoms with Crippen molar-refractivity contribution >= 4 is 23.9 Å². The van der Waals surface area contributed by atoms with E-state index in [-0.39, 0.29) is 5.82 Å². The molecule has 0 spiro atoms. The maximum absolute atomic E-state index is 13.0. The minimum absolute atomic E-state index is 0.243. The van der Waals surface area contributed by atoms with E-state index in [9.17, 15) is 4.39 Å². The third-order valence-electron chi connectivity index (χ3n) is 2.88. The lowest BCUT2D eigenvalue weighted by Crippen LogP contribution is -2.20. The number of H-pyrrole nitrogens is 1. The Kier molecular flexibility index (Phi) is 4.31. The van der Waals surface area contributed by atoms with Crippen LogP contribution < -0.4 is 4.90 Å². The van der Waals surface area contributed by atoms with Crippen molar-refractivity contribution in [2.24, 2.45) is 0 Å². The lowest BCUT2D eigenvalue weighted by molar-refractivity contribution is 0.627. The molecule has 0 atom stereocenters. The van der Waals surface area contributed by atoms with E-state index in [1.807, 2.05) is 16.4 Å². The quantitative estimate of drug-likeness (QED) is 0.849. The van der Waals surface area contributed by atoms with E-state index in [1.54, 1.807) is 12.1 Å². The van der Waals surface area contributed by atoms with Gasteiger partial charge in [0.1, 0.15) is 5.82 Å². The van der Waals surface area contributed by atoms with Crippen LogP contribution in [0.15, 0.2) is 24.3 Å². The molecule has 19 heavy (non-hydrogen) atoms. The van der Waals surface area contributed by atoms with Gasteiger partial charge >= 0.3 is 0 Å². The minimum Gasteiger partial charge on any atom is -0.311 e. The summed E-state index contributed by atoms with van der Waals surface area (Å²) in [5.41, 5.74) is 0.898. The maximum Gasteiger partial charge on any atom is 0.230 e. The summed E-state index contributed by atoms with van der Waals surface area (Å²) in [6, 6.07) is 6.38. The molecule has 0 amide bonds. The van der Waals surface area contributed by atoms with Crippen molar-refractivity contribution < 1.29 is 4.39 Å². The summed E-state index contributed by atoms with van der Waals surface area (Å²) in [5, 5.41) is 7.10. The Labute approximate surface area is 116 Å². The van der Waals surface area contributed by atoms with Crippen LogP contribution in [0.1, 0.15) is 20.3 Å². The Bertz CT molecular complexity index is 587. The number of aromatic nitrogens is 3. The number of benzene rings is 1. The summed E-state index contributed by atoms with van der Waals surface area (Å²) in [6.07, 6.45) is 0.974. The molecule has 0 saturated heterocycles.